The van der Waals surface area contributed by atoms with Gasteiger partial charge in [-0.15, -0.1) is 0 Å². The number of amidine groups is 1. The van der Waals surface area contributed by atoms with E-state index in [1.165, 1.54) is 0 Å². The number of oxime groups is 1. The van der Waals surface area contributed by atoms with Crippen molar-refractivity contribution in [3.63, 3.8) is 0 Å². The van der Waals surface area contributed by atoms with Gasteiger partial charge in [-0.05, 0) is 12.1 Å². The molecule has 96 valence electrons. The number of anilines is 1. The molecule has 19 heavy (non-hydrogen) atoms. The Labute approximate surface area is 109 Å². The van der Waals surface area contributed by atoms with E-state index in [2.05, 4.69) is 10.3 Å². The molecule has 1 heterocycles. The Balaban J connectivity index is 2.43. The molecule has 7 nitrogen and oxygen atoms in total. The van der Waals surface area contributed by atoms with Crippen LogP contribution in [0.15, 0.2) is 40.6 Å². The highest BCUT2D eigenvalue weighted by atomic mass is 16.4. The van der Waals surface area contributed by atoms with Gasteiger partial charge in [-0.1, -0.05) is 23.4 Å². The number of carbonyl (C=O) groups is 1. The van der Waals surface area contributed by atoms with E-state index >= 15 is 0 Å². The summed E-state index contributed by atoms with van der Waals surface area (Å²) in [5.41, 5.74) is 6.16. The lowest BCUT2D eigenvalue weighted by molar-refractivity contribution is -0.120. The van der Waals surface area contributed by atoms with Gasteiger partial charge in [0.1, 0.15) is 17.7 Å². The molecular formula is C12H11N5O2. The maximum atomic E-state index is 12.2. The molecule has 1 aliphatic rings. The number of rotatable bonds is 2. The zero-order valence-electron chi connectivity index (χ0n) is 9.89. The van der Waals surface area contributed by atoms with Crippen LogP contribution >= 0.6 is 0 Å². The summed E-state index contributed by atoms with van der Waals surface area (Å²) < 4.78 is 0. The van der Waals surface area contributed by atoms with E-state index in [1.54, 1.807) is 30.3 Å². The van der Waals surface area contributed by atoms with Crippen LogP contribution in [0.4, 0.5) is 5.69 Å². The van der Waals surface area contributed by atoms with Crippen LogP contribution in [0, 0.1) is 17.2 Å². The molecule has 2 rings (SSSR count). The van der Waals surface area contributed by atoms with Crippen molar-refractivity contribution in [3.8, 4) is 6.07 Å². The summed E-state index contributed by atoms with van der Waals surface area (Å²) in [6.45, 7) is 0. The summed E-state index contributed by atoms with van der Waals surface area (Å²) in [6, 6.07) is 10.6. The van der Waals surface area contributed by atoms with Crippen LogP contribution < -0.4 is 10.7 Å². The average Bonchev–Trinajstić information content (AvgIpc) is 2.47. The first kappa shape index (κ1) is 12.6. The number of benzene rings is 1. The first-order chi connectivity index (χ1) is 9.17. The molecule has 7 heteroatoms. The fraction of sp³-hybridized carbons (Fsp3) is 0.167. The number of nitrogens with zero attached hydrogens (tertiary/aromatic N) is 4. The third-order valence-corrected chi connectivity index (χ3v) is 2.73. The molecule has 0 radical (unpaired) electrons. The molecule has 1 aliphatic heterocycles. The van der Waals surface area contributed by atoms with Crippen LogP contribution in [0.5, 0.6) is 0 Å². The van der Waals surface area contributed by atoms with Gasteiger partial charge in [0.2, 0.25) is 0 Å². The first-order valence-electron chi connectivity index (χ1n) is 5.51. The second kappa shape index (κ2) is 5.18. The van der Waals surface area contributed by atoms with E-state index in [-0.39, 0.29) is 18.0 Å². The van der Waals surface area contributed by atoms with Gasteiger partial charge in [0.05, 0.1) is 5.69 Å². The summed E-state index contributed by atoms with van der Waals surface area (Å²) in [4.78, 5) is 12.2. The Kier molecular flexibility index (Phi) is 3.43. The van der Waals surface area contributed by atoms with Crippen molar-refractivity contribution in [2.45, 2.75) is 6.42 Å². The number of nitrogens with two attached hydrogens (primary N) is 1. The number of hydrogen-bond acceptors (Lipinski definition) is 5. The van der Waals surface area contributed by atoms with Gasteiger partial charge in [0, 0.05) is 6.42 Å². The van der Waals surface area contributed by atoms with Crippen LogP contribution in [-0.2, 0) is 4.79 Å². The molecule has 0 bridgehead atoms. The molecule has 0 saturated heterocycles. The van der Waals surface area contributed by atoms with E-state index in [4.69, 9.17) is 16.2 Å². The Morgan fingerprint density at radius 3 is 2.79 bits per heavy atom. The summed E-state index contributed by atoms with van der Waals surface area (Å²) in [7, 11) is 0. The molecule has 1 atom stereocenters. The highest BCUT2D eigenvalue weighted by Crippen LogP contribution is 2.23. The van der Waals surface area contributed by atoms with Crippen molar-refractivity contribution >= 4 is 23.1 Å². The van der Waals surface area contributed by atoms with Crippen molar-refractivity contribution in [2.75, 3.05) is 5.01 Å². The summed E-state index contributed by atoms with van der Waals surface area (Å²) in [5.74, 6) is -1.54. The van der Waals surface area contributed by atoms with Gasteiger partial charge in [-0.25, -0.2) is 0 Å². The number of hydrogen-bond donors (Lipinski definition) is 2. The average molecular weight is 257 g/mol. The minimum absolute atomic E-state index is 0.0363. The number of para-hydroxylation sites is 1. The molecule has 1 unspecified atom stereocenters. The van der Waals surface area contributed by atoms with Crippen LogP contribution in [0.1, 0.15) is 6.42 Å². The van der Waals surface area contributed by atoms with Gasteiger partial charge in [0.25, 0.3) is 5.91 Å². The molecule has 0 spiro atoms. The molecule has 0 fully saturated rings. The smallest absolute Gasteiger partial charge is 0.258 e. The fourth-order valence-electron chi connectivity index (χ4n) is 1.76. The lowest BCUT2D eigenvalue weighted by Crippen LogP contribution is -2.44. The highest BCUT2D eigenvalue weighted by Gasteiger charge is 2.34. The maximum Gasteiger partial charge on any atom is 0.258 e. The fourth-order valence-corrected chi connectivity index (χ4v) is 1.76. The summed E-state index contributed by atoms with van der Waals surface area (Å²) in [5, 5.41) is 25.6. The maximum absolute atomic E-state index is 12.2. The van der Waals surface area contributed by atoms with Gasteiger partial charge in [-0.2, -0.15) is 15.4 Å². The largest absolute Gasteiger partial charge is 0.409 e. The van der Waals surface area contributed by atoms with Crippen LogP contribution in [0.2, 0.25) is 0 Å². The summed E-state index contributed by atoms with van der Waals surface area (Å²) >= 11 is 0. The second-order valence-electron chi connectivity index (χ2n) is 3.93. The van der Waals surface area contributed by atoms with E-state index in [1.807, 2.05) is 6.07 Å². The Morgan fingerprint density at radius 2 is 2.21 bits per heavy atom. The molecular weight excluding hydrogens is 246 g/mol. The lowest BCUT2D eigenvalue weighted by atomic mass is 9.98. The topological polar surface area (TPSA) is 115 Å². The molecule has 0 aliphatic carbocycles. The Bertz CT molecular complexity index is 588. The molecule has 0 aromatic heterocycles. The zero-order chi connectivity index (χ0) is 13.8. The van der Waals surface area contributed by atoms with Crippen LogP contribution in [0.25, 0.3) is 0 Å². The number of amides is 1. The third-order valence-electron chi connectivity index (χ3n) is 2.73. The molecule has 1 aromatic rings. The standard InChI is InChI=1S/C12H11N5O2/c13-7-8-6-10(11(14)16-19)12(18)17(15-8)9-4-2-1-3-5-9/h1-5,10,19H,6H2,(H2,14,16). The second-order valence-corrected chi connectivity index (χ2v) is 3.93. The van der Waals surface area contributed by atoms with Gasteiger partial charge in [0.15, 0.2) is 5.84 Å². The Morgan fingerprint density at radius 1 is 1.53 bits per heavy atom. The summed E-state index contributed by atoms with van der Waals surface area (Å²) in [6.07, 6.45) is 0.0363. The van der Waals surface area contributed by atoms with Gasteiger partial charge >= 0.3 is 0 Å². The molecule has 3 N–H and O–H groups in total. The van der Waals surface area contributed by atoms with Crippen LogP contribution in [0.3, 0.4) is 0 Å². The number of carbonyl (C=O) groups excluding carboxylic acids is 1. The van der Waals surface area contributed by atoms with Crippen molar-refractivity contribution in [2.24, 2.45) is 21.9 Å². The number of hydrazone groups is 1. The van der Waals surface area contributed by atoms with E-state index in [0.29, 0.717) is 5.69 Å². The van der Waals surface area contributed by atoms with Crippen molar-refractivity contribution in [1.82, 2.24) is 0 Å². The van der Waals surface area contributed by atoms with Gasteiger partial charge in [-0.3, -0.25) is 4.79 Å². The highest BCUT2D eigenvalue weighted by molar-refractivity contribution is 6.16. The third kappa shape index (κ3) is 2.37. The monoisotopic (exact) mass is 257 g/mol. The molecule has 1 amide bonds. The molecule has 0 saturated carbocycles. The normalized spacial score (nSPS) is 19.8. The predicted octanol–water partition coefficient (Wildman–Crippen LogP) is 0.665. The quantitative estimate of drug-likeness (QED) is 0.350. The van der Waals surface area contributed by atoms with Gasteiger partial charge < -0.3 is 10.9 Å². The SMILES string of the molecule is N#CC1=NN(c2ccccc2)C(=O)C(/C(N)=N/O)C1. The first-order valence-corrected chi connectivity index (χ1v) is 5.51. The molecule has 1 aromatic carbocycles. The van der Waals surface area contributed by atoms with Crippen molar-refractivity contribution < 1.29 is 10.0 Å². The van der Waals surface area contributed by atoms with E-state index in [0.717, 1.165) is 5.01 Å². The zero-order valence-corrected chi connectivity index (χ0v) is 9.89. The Hall–Kier alpha value is -2.88. The van der Waals surface area contributed by atoms with Crippen molar-refractivity contribution in [3.05, 3.63) is 30.3 Å². The minimum atomic E-state index is -0.877. The van der Waals surface area contributed by atoms with Crippen molar-refractivity contribution in [1.29, 1.82) is 5.26 Å². The lowest BCUT2D eigenvalue weighted by Gasteiger charge is -2.26. The minimum Gasteiger partial charge on any atom is -0.409 e. The van der Waals surface area contributed by atoms with E-state index < -0.39 is 11.8 Å². The van der Waals surface area contributed by atoms with E-state index in [9.17, 15) is 4.79 Å². The number of nitriles is 1. The predicted molar refractivity (Wildman–Crippen MR) is 68.5 cm³/mol. The van der Waals surface area contributed by atoms with Crippen LogP contribution in [-0.4, -0.2) is 22.7 Å².